The molecule has 0 aliphatic carbocycles. The third kappa shape index (κ3) is 3.19. The molecule has 1 amide bonds. The standard InChI is InChI=1S/C14H16ClFN4O.ClH/c15-9-4-5-11-18-12(13(16)20(11)7-9)14(21)19-6-2-1-3-10(17)8-19;/h4-5,7,10H,1-3,6,8,17H2;1H. The van der Waals surface area contributed by atoms with Gasteiger partial charge in [-0.2, -0.15) is 4.39 Å². The van der Waals surface area contributed by atoms with Crippen molar-refractivity contribution in [3.63, 3.8) is 0 Å². The second-order valence-electron chi connectivity index (χ2n) is 5.33. The first kappa shape index (κ1) is 17.0. The van der Waals surface area contributed by atoms with Gasteiger partial charge in [0.2, 0.25) is 5.95 Å². The number of rotatable bonds is 1. The third-order valence-electron chi connectivity index (χ3n) is 3.72. The average molecular weight is 347 g/mol. The summed E-state index contributed by atoms with van der Waals surface area (Å²) in [7, 11) is 0. The molecule has 1 saturated heterocycles. The summed E-state index contributed by atoms with van der Waals surface area (Å²) in [5.74, 6) is -1.10. The number of imidazole rings is 1. The largest absolute Gasteiger partial charge is 0.336 e. The van der Waals surface area contributed by atoms with Crippen molar-refractivity contribution in [3.8, 4) is 0 Å². The maximum absolute atomic E-state index is 14.4. The first-order valence-electron chi connectivity index (χ1n) is 6.94. The van der Waals surface area contributed by atoms with Crippen LogP contribution in [0.15, 0.2) is 18.3 Å². The molecule has 5 nitrogen and oxygen atoms in total. The Morgan fingerprint density at radius 1 is 1.41 bits per heavy atom. The highest BCUT2D eigenvalue weighted by atomic mass is 35.5. The summed E-state index contributed by atoms with van der Waals surface area (Å²) in [6, 6.07) is 3.13. The van der Waals surface area contributed by atoms with Crippen LogP contribution in [-0.4, -0.2) is 39.3 Å². The van der Waals surface area contributed by atoms with Crippen LogP contribution in [0.1, 0.15) is 29.8 Å². The van der Waals surface area contributed by atoms with Crippen LogP contribution >= 0.6 is 24.0 Å². The van der Waals surface area contributed by atoms with E-state index in [2.05, 4.69) is 4.98 Å². The molecule has 2 N–H and O–H groups in total. The first-order chi connectivity index (χ1) is 10.1. The monoisotopic (exact) mass is 346 g/mol. The van der Waals surface area contributed by atoms with Crippen molar-refractivity contribution in [2.45, 2.75) is 25.3 Å². The summed E-state index contributed by atoms with van der Waals surface area (Å²) in [5, 5.41) is 0.384. The molecule has 3 heterocycles. The Morgan fingerprint density at radius 3 is 2.95 bits per heavy atom. The number of fused-ring (bicyclic) bond motifs is 1. The van der Waals surface area contributed by atoms with Crippen LogP contribution in [0.2, 0.25) is 5.02 Å². The number of hydrogen-bond acceptors (Lipinski definition) is 3. The van der Waals surface area contributed by atoms with Gasteiger partial charge in [0.05, 0.1) is 5.02 Å². The number of carbonyl (C=O) groups excluding carboxylic acids is 1. The quantitative estimate of drug-likeness (QED) is 0.862. The van der Waals surface area contributed by atoms with Crippen LogP contribution < -0.4 is 5.73 Å². The number of aromatic nitrogens is 2. The zero-order valence-corrected chi connectivity index (χ0v) is 13.4. The molecule has 0 radical (unpaired) electrons. The lowest BCUT2D eigenvalue weighted by Crippen LogP contribution is -2.40. The first-order valence-corrected chi connectivity index (χ1v) is 7.32. The number of amides is 1. The fraction of sp³-hybridized carbons (Fsp3) is 0.429. The lowest BCUT2D eigenvalue weighted by atomic mass is 10.2. The zero-order chi connectivity index (χ0) is 15.0. The number of halogens is 3. The van der Waals surface area contributed by atoms with E-state index in [9.17, 15) is 9.18 Å². The second kappa shape index (κ2) is 6.81. The van der Waals surface area contributed by atoms with Gasteiger partial charge in [-0.15, -0.1) is 12.4 Å². The predicted molar refractivity (Wildman–Crippen MR) is 85.1 cm³/mol. The van der Waals surface area contributed by atoms with E-state index in [4.69, 9.17) is 17.3 Å². The molecule has 1 atom stereocenters. The number of pyridine rings is 1. The predicted octanol–water partition coefficient (Wildman–Crippen LogP) is 2.50. The Kier molecular flexibility index (Phi) is 5.26. The highest BCUT2D eigenvalue weighted by Gasteiger charge is 2.26. The highest BCUT2D eigenvalue weighted by Crippen LogP contribution is 2.18. The Bertz CT molecular complexity index is 691. The molecule has 1 unspecified atom stereocenters. The summed E-state index contributed by atoms with van der Waals surface area (Å²) in [6.07, 6.45) is 4.14. The van der Waals surface area contributed by atoms with Crippen molar-refractivity contribution in [3.05, 3.63) is 35.0 Å². The molecule has 0 spiro atoms. The minimum absolute atomic E-state index is 0. The average Bonchev–Trinajstić information content (AvgIpc) is 2.64. The molecule has 22 heavy (non-hydrogen) atoms. The van der Waals surface area contributed by atoms with Crippen molar-refractivity contribution in [2.75, 3.05) is 13.1 Å². The molecule has 0 saturated carbocycles. The second-order valence-corrected chi connectivity index (χ2v) is 5.77. The lowest BCUT2D eigenvalue weighted by molar-refractivity contribution is 0.0744. The molecule has 1 aliphatic heterocycles. The minimum Gasteiger partial charge on any atom is -0.336 e. The fourth-order valence-corrected chi connectivity index (χ4v) is 2.80. The van der Waals surface area contributed by atoms with Gasteiger partial charge in [-0.05, 0) is 25.0 Å². The maximum Gasteiger partial charge on any atom is 0.277 e. The summed E-state index contributed by atoms with van der Waals surface area (Å²) >= 11 is 5.84. The Labute approximate surface area is 138 Å². The van der Waals surface area contributed by atoms with Gasteiger partial charge < -0.3 is 10.6 Å². The molecule has 8 heteroatoms. The molecular formula is C14H17Cl2FN4O. The van der Waals surface area contributed by atoms with Crippen LogP contribution in [0.4, 0.5) is 4.39 Å². The molecule has 1 fully saturated rings. The molecule has 3 rings (SSSR count). The van der Waals surface area contributed by atoms with Crippen LogP contribution in [0.25, 0.3) is 5.65 Å². The summed E-state index contributed by atoms with van der Waals surface area (Å²) in [4.78, 5) is 18.2. The number of carbonyl (C=O) groups is 1. The zero-order valence-electron chi connectivity index (χ0n) is 11.8. The number of nitrogens with two attached hydrogens (primary N) is 1. The summed E-state index contributed by atoms with van der Waals surface area (Å²) in [5.41, 5.74) is 6.13. The van der Waals surface area contributed by atoms with Crippen LogP contribution in [-0.2, 0) is 0 Å². The van der Waals surface area contributed by atoms with Crippen molar-refractivity contribution in [2.24, 2.45) is 5.73 Å². The lowest BCUT2D eigenvalue weighted by Gasteiger charge is -2.21. The third-order valence-corrected chi connectivity index (χ3v) is 3.95. The SMILES string of the molecule is Cl.NC1CCCCN(C(=O)c2nc3ccc(Cl)cn3c2F)C1. The van der Waals surface area contributed by atoms with Gasteiger partial charge in [0, 0.05) is 25.3 Å². The molecule has 0 bridgehead atoms. The van der Waals surface area contributed by atoms with Gasteiger partial charge in [-0.25, -0.2) is 4.98 Å². The summed E-state index contributed by atoms with van der Waals surface area (Å²) < 4.78 is 15.6. The van der Waals surface area contributed by atoms with Gasteiger partial charge in [-0.3, -0.25) is 9.20 Å². The topological polar surface area (TPSA) is 63.6 Å². The van der Waals surface area contributed by atoms with Gasteiger partial charge in [0.25, 0.3) is 5.91 Å². The summed E-state index contributed by atoms with van der Waals surface area (Å²) in [6.45, 7) is 1.02. The maximum atomic E-state index is 14.4. The van der Waals surface area contributed by atoms with E-state index in [-0.39, 0.29) is 24.1 Å². The Hall–Kier alpha value is -1.37. The number of likely N-dealkylation sites (tertiary alicyclic amines) is 1. The molecular weight excluding hydrogens is 330 g/mol. The van der Waals surface area contributed by atoms with Crippen LogP contribution in [0, 0.1) is 5.95 Å². The van der Waals surface area contributed by atoms with Gasteiger partial charge in [-0.1, -0.05) is 18.0 Å². The Morgan fingerprint density at radius 2 is 2.18 bits per heavy atom. The van der Waals surface area contributed by atoms with E-state index in [0.717, 1.165) is 19.3 Å². The molecule has 0 aromatic carbocycles. The minimum atomic E-state index is -0.685. The molecule has 2 aromatic heterocycles. The number of nitrogens with zero attached hydrogens (tertiary/aromatic N) is 3. The van der Waals surface area contributed by atoms with E-state index in [1.165, 1.54) is 10.6 Å². The Balaban J connectivity index is 0.00000176. The van der Waals surface area contributed by atoms with Gasteiger partial charge >= 0.3 is 0 Å². The smallest absolute Gasteiger partial charge is 0.277 e. The van der Waals surface area contributed by atoms with Gasteiger partial charge in [0.1, 0.15) is 5.65 Å². The van der Waals surface area contributed by atoms with E-state index in [1.807, 2.05) is 0 Å². The fourth-order valence-electron chi connectivity index (χ4n) is 2.64. The molecule has 120 valence electrons. The van der Waals surface area contributed by atoms with E-state index in [1.54, 1.807) is 17.0 Å². The normalized spacial score (nSPS) is 18.9. The highest BCUT2D eigenvalue weighted by molar-refractivity contribution is 6.30. The van der Waals surface area contributed by atoms with Crippen molar-refractivity contribution in [1.29, 1.82) is 0 Å². The van der Waals surface area contributed by atoms with E-state index >= 15 is 0 Å². The molecule has 2 aromatic rings. The number of hydrogen-bond donors (Lipinski definition) is 1. The van der Waals surface area contributed by atoms with Crippen molar-refractivity contribution in [1.82, 2.24) is 14.3 Å². The molecule has 1 aliphatic rings. The van der Waals surface area contributed by atoms with E-state index < -0.39 is 11.9 Å². The van der Waals surface area contributed by atoms with Crippen molar-refractivity contribution < 1.29 is 9.18 Å². The van der Waals surface area contributed by atoms with E-state index in [0.29, 0.717) is 23.8 Å². The van der Waals surface area contributed by atoms with Crippen LogP contribution in [0.5, 0.6) is 0 Å². The van der Waals surface area contributed by atoms with Gasteiger partial charge in [0.15, 0.2) is 5.69 Å². The van der Waals surface area contributed by atoms with Crippen LogP contribution in [0.3, 0.4) is 0 Å². The van der Waals surface area contributed by atoms with Crippen molar-refractivity contribution >= 4 is 35.6 Å².